The predicted octanol–water partition coefficient (Wildman–Crippen LogP) is 7.60. The van der Waals surface area contributed by atoms with Crippen LogP contribution in [-0.4, -0.2) is 23.6 Å². The normalized spacial score (nSPS) is 18.4. The molecule has 1 aliphatic carbocycles. The lowest BCUT2D eigenvalue weighted by Gasteiger charge is -2.18. The Morgan fingerprint density at radius 3 is 2.29 bits per heavy atom. The fourth-order valence-electron chi connectivity index (χ4n) is 3.17. The molecule has 0 N–H and O–H groups in total. The van der Waals surface area contributed by atoms with Gasteiger partial charge in [-0.2, -0.15) is 13.2 Å². The molecule has 10 heteroatoms. The first-order valence-corrected chi connectivity index (χ1v) is 10.9. The van der Waals surface area contributed by atoms with E-state index < -0.39 is 17.6 Å². The number of rotatable bonds is 4. The summed E-state index contributed by atoms with van der Waals surface area (Å²) in [4.78, 5) is 16.3. The number of halogens is 7. The van der Waals surface area contributed by atoms with Crippen molar-refractivity contribution in [3.8, 4) is 0 Å². The molecule has 1 unspecified atom stereocenters. The SMILES string of the molecule is O=C1OC(c2ccc(/C=C/C(c3cc(Cl)c(Cl)c(Cl)c3)C(F)(F)F)cc2Br)=NC12CC2. The summed E-state index contributed by atoms with van der Waals surface area (Å²) in [6.45, 7) is 0. The Morgan fingerprint density at radius 1 is 1.13 bits per heavy atom. The minimum atomic E-state index is -4.57. The Balaban J connectivity index is 1.62. The number of alkyl halides is 3. The van der Waals surface area contributed by atoms with Crippen molar-refractivity contribution in [2.75, 3.05) is 0 Å². The Hall–Kier alpha value is -1.54. The fourth-order valence-corrected chi connectivity index (χ4v) is 4.35. The number of hydrogen-bond donors (Lipinski definition) is 0. The highest BCUT2D eigenvalue weighted by Crippen LogP contribution is 2.45. The van der Waals surface area contributed by atoms with E-state index in [0.717, 1.165) is 18.2 Å². The number of carbonyl (C=O) groups is 1. The van der Waals surface area contributed by atoms with Gasteiger partial charge in [0.05, 0.1) is 26.5 Å². The van der Waals surface area contributed by atoms with E-state index in [4.69, 9.17) is 39.5 Å². The first kappa shape index (κ1) is 22.6. The van der Waals surface area contributed by atoms with Gasteiger partial charge in [-0.3, -0.25) is 0 Å². The van der Waals surface area contributed by atoms with E-state index >= 15 is 0 Å². The number of cyclic esters (lactones) is 1. The summed E-state index contributed by atoms with van der Waals surface area (Å²) < 4.78 is 46.9. The molecule has 4 rings (SSSR count). The van der Waals surface area contributed by atoms with E-state index in [1.807, 2.05) is 0 Å². The zero-order chi connectivity index (χ0) is 22.6. The molecule has 1 fully saturated rings. The smallest absolute Gasteiger partial charge is 0.399 e. The molecular weight excluding hydrogens is 541 g/mol. The lowest BCUT2D eigenvalue weighted by molar-refractivity contribution is -0.139. The van der Waals surface area contributed by atoms with Crippen molar-refractivity contribution < 1.29 is 22.7 Å². The molecule has 2 aliphatic rings. The predicted molar refractivity (Wildman–Crippen MR) is 118 cm³/mol. The van der Waals surface area contributed by atoms with Gasteiger partial charge in [0.25, 0.3) is 0 Å². The number of carbonyl (C=O) groups excluding carboxylic acids is 1. The number of aliphatic imine (C=N–C) groups is 1. The third-order valence-electron chi connectivity index (χ3n) is 5.03. The Labute approximate surface area is 199 Å². The van der Waals surface area contributed by atoms with Crippen molar-refractivity contribution in [2.45, 2.75) is 30.5 Å². The largest absolute Gasteiger partial charge is 0.405 e. The first-order valence-electron chi connectivity index (χ1n) is 9.01. The van der Waals surface area contributed by atoms with Crippen LogP contribution in [0.25, 0.3) is 6.08 Å². The van der Waals surface area contributed by atoms with Crippen LogP contribution in [-0.2, 0) is 9.53 Å². The van der Waals surface area contributed by atoms with Crippen LogP contribution in [0.2, 0.25) is 15.1 Å². The third kappa shape index (κ3) is 4.51. The van der Waals surface area contributed by atoms with Gasteiger partial charge in [0.2, 0.25) is 5.90 Å². The summed E-state index contributed by atoms with van der Waals surface area (Å²) in [5.74, 6) is -2.09. The van der Waals surface area contributed by atoms with Crippen molar-refractivity contribution in [3.05, 3.63) is 72.6 Å². The highest BCUT2D eigenvalue weighted by atomic mass is 79.9. The van der Waals surface area contributed by atoms with Crippen LogP contribution in [0.3, 0.4) is 0 Å². The quantitative estimate of drug-likeness (QED) is 0.289. The third-order valence-corrected chi connectivity index (χ3v) is 6.88. The van der Waals surface area contributed by atoms with Crippen LogP contribution in [0.15, 0.2) is 45.9 Å². The van der Waals surface area contributed by atoms with Gasteiger partial charge in [0.15, 0.2) is 5.54 Å². The van der Waals surface area contributed by atoms with Crippen molar-refractivity contribution >= 4 is 68.7 Å². The van der Waals surface area contributed by atoms with E-state index in [1.165, 1.54) is 6.08 Å². The zero-order valence-corrected chi connectivity index (χ0v) is 19.3. The maximum atomic E-state index is 13.7. The van der Waals surface area contributed by atoms with E-state index in [1.54, 1.807) is 18.2 Å². The highest BCUT2D eigenvalue weighted by Gasteiger charge is 2.56. The minimum absolute atomic E-state index is 0.0000109. The van der Waals surface area contributed by atoms with Crippen molar-refractivity contribution in [1.82, 2.24) is 0 Å². The summed E-state index contributed by atoms with van der Waals surface area (Å²) in [6.07, 6.45) is -0.895. The molecule has 0 radical (unpaired) electrons. The zero-order valence-electron chi connectivity index (χ0n) is 15.4. The number of esters is 1. The van der Waals surface area contributed by atoms with Gasteiger partial charge in [-0.15, -0.1) is 0 Å². The monoisotopic (exact) mass is 551 g/mol. The molecule has 0 saturated heterocycles. The number of hydrogen-bond acceptors (Lipinski definition) is 3. The molecule has 1 saturated carbocycles. The van der Waals surface area contributed by atoms with Crippen LogP contribution in [0, 0.1) is 0 Å². The summed E-state index contributed by atoms with van der Waals surface area (Å²) >= 11 is 21.0. The molecule has 2 aromatic rings. The Morgan fingerprint density at radius 2 is 1.77 bits per heavy atom. The second-order valence-corrected chi connectivity index (χ2v) is 9.30. The van der Waals surface area contributed by atoms with Gasteiger partial charge in [-0.25, -0.2) is 9.79 Å². The lowest BCUT2D eigenvalue weighted by Crippen LogP contribution is -2.19. The minimum Gasteiger partial charge on any atom is -0.405 e. The van der Waals surface area contributed by atoms with Crippen LogP contribution in [0.4, 0.5) is 13.2 Å². The number of allylic oxidation sites excluding steroid dienone is 1. The van der Waals surface area contributed by atoms with Crippen LogP contribution < -0.4 is 0 Å². The standard InChI is InChI=1S/C21H12BrCl3F3NO2/c22-14-7-10(1-3-12(14)18-29-20(5-6-20)19(30)31-18)2-4-13(21(26,27)28)11-8-15(23)17(25)16(24)9-11/h1-4,7-9,13H,5-6H2/b4-2+. The number of benzene rings is 2. The fraction of sp³-hybridized carbons (Fsp3) is 0.238. The number of ether oxygens (including phenoxy) is 1. The van der Waals surface area contributed by atoms with E-state index in [0.29, 0.717) is 28.4 Å². The van der Waals surface area contributed by atoms with Crippen molar-refractivity contribution in [2.24, 2.45) is 4.99 Å². The molecule has 162 valence electrons. The topological polar surface area (TPSA) is 38.7 Å². The highest BCUT2D eigenvalue weighted by molar-refractivity contribution is 9.10. The summed E-state index contributed by atoms with van der Waals surface area (Å²) in [6, 6.07) is 7.17. The van der Waals surface area contributed by atoms with Gasteiger partial charge >= 0.3 is 12.1 Å². The first-order chi connectivity index (χ1) is 14.5. The molecule has 1 spiro atoms. The molecule has 2 aromatic carbocycles. The van der Waals surface area contributed by atoms with Crippen molar-refractivity contribution in [3.63, 3.8) is 0 Å². The molecule has 0 aromatic heterocycles. The van der Waals surface area contributed by atoms with Gasteiger partial charge < -0.3 is 4.74 Å². The molecule has 0 bridgehead atoms. The van der Waals surface area contributed by atoms with E-state index in [-0.39, 0.29) is 32.5 Å². The lowest BCUT2D eigenvalue weighted by atomic mass is 9.97. The second kappa shape index (κ2) is 8.10. The van der Waals surface area contributed by atoms with Crippen LogP contribution in [0.1, 0.15) is 35.4 Å². The second-order valence-electron chi connectivity index (χ2n) is 7.25. The molecule has 1 aliphatic heterocycles. The Bertz CT molecular complexity index is 1120. The number of nitrogens with zero attached hydrogens (tertiary/aromatic N) is 1. The van der Waals surface area contributed by atoms with Gasteiger partial charge in [0.1, 0.15) is 0 Å². The van der Waals surface area contributed by atoms with E-state index in [2.05, 4.69) is 20.9 Å². The Kier molecular flexibility index (Phi) is 5.92. The van der Waals surface area contributed by atoms with Crippen LogP contribution >= 0.6 is 50.7 Å². The molecule has 3 nitrogen and oxygen atoms in total. The average Bonchev–Trinajstić information content (AvgIpc) is 3.38. The molecular formula is C21H12BrCl3F3NO2. The maximum Gasteiger partial charge on any atom is 0.399 e. The van der Waals surface area contributed by atoms with Crippen LogP contribution in [0.5, 0.6) is 0 Å². The van der Waals surface area contributed by atoms with Gasteiger partial charge in [-0.05, 0) is 64.2 Å². The van der Waals surface area contributed by atoms with Gasteiger partial charge in [-0.1, -0.05) is 53.0 Å². The van der Waals surface area contributed by atoms with Gasteiger partial charge in [0, 0.05) is 4.47 Å². The molecule has 1 atom stereocenters. The average molecular weight is 554 g/mol. The summed E-state index contributed by atoms with van der Waals surface area (Å²) in [7, 11) is 0. The molecule has 0 amide bonds. The summed E-state index contributed by atoms with van der Waals surface area (Å²) in [5.41, 5.74) is 0.190. The molecule has 31 heavy (non-hydrogen) atoms. The maximum absolute atomic E-state index is 13.7. The van der Waals surface area contributed by atoms with Crippen molar-refractivity contribution in [1.29, 1.82) is 0 Å². The molecule has 1 heterocycles. The van der Waals surface area contributed by atoms with E-state index in [9.17, 15) is 18.0 Å². The summed E-state index contributed by atoms with van der Waals surface area (Å²) in [5, 5.41) is -0.113.